The predicted molar refractivity (Wildman–Crippen MR) is 79.3 cm³/mol. The van der Waals surface area contributed by atoms with Crippen molar-refractivity contribution in [2.75, 3.05) is 13.7 Å². The van der Waals surface area contributed by atoms with E-state index in [4.69, 9.17) is 9.47 Å². The number of methoxy groups -OCH3 is 1. The molecule has 0 spiro atoms. The lowest BCUT2D eigenvalue weighted by Crippen LogP contribution is -2.25. The molecule has 3 rings (SSSR count). The summed E-state index contributed by atoms with van der Waals surface area (Å²) in [7, 11) is 1.40. The molecule has 0 bridgehead atoms. The second kappa shape index (κ2) is 5.44. The zero-order chi connectivity index (χ0) is 15.7. The third kappa shape index (κ3) is 2.07. The van der Waals surface area contributed by atoms with E-state index in [1.807, 2.05) is 12.1 Å². The molecule has 3 aromatic rings. The fourth-order valence-corrected chi connectivity index (χ4v) is 2.22. The Morgan fingerprint density at radius 3 is 2.82 bits per heavy atom. The van der Waals surface area contributed by atoms with Gasteiger partial charge in [-0.1, -0.05) is 12.1 Å². The van der Waals surface area contributed by atoms with E-state index < -0.39 is 11.5 Å². The van der Waals surface area contributed by atoms with Crippen LogP contribution in [0.4, 0.5) is 0 Å². The minimum Gasteiger partial charge on any atom is -0.468 e. The summed E-state index contributed by atoms with van der Waals surface area (Å²) < 4.78 is 11.2. The molecule has 0 fully saturated rings. The average molecular weight is 299 g/mol. The second-order valence-electron chi connectivity index (χ2n) is 4.47. The maximum Gasteiger partial charge on any atom is 0.345 e. The summed E-state index contributed by atoms with van der Waals surface area (Å²) in [6.45, 7) is 1.84. The number of para-hydroxylation sites is 1. The largest absolute Gasteiger partial charge is 0.468 e. The Hall–Kier alpha value is -2.96. The van der Waals surface area contributed by atoms with Gasteiger partial charge in [-0.15, -0.1) is 0 Å². The van der Waals surface area contributed by atoms with Crippen molar-refractivity contribution in [1.82, 2.24) is 14.4 Å². The molecule has 2 aromatic heterocycles. The Labute approximate surface area is 125 Å². The van der Waals surface area contributed by atoms with Gasteiger partial charge in [0.05, 0.1) is 19.2 Å². The lowest BCUT2D eigenvalue weighted by atomic mass is 10.2. The van der Waals surface area contributed by atoms with Crippen molar-refractivity contribution in [3.63, 3.8) is 0 Å². The first-order valence-electron chi connectivity index (χ1n) is 6.69. The number of carbonyl (C=O) groups excluding carboxylic acids is 1. The van der Waals surface area contributed by atoms with E-state index in [2.05, 4.69) is 9.97 Å². The molecular formula is C15H13N3O4. The van der Waals surface area contributed by atoms with Crippen LogP contribution in [0.3, 0.4) is 0 Å². The fraction of sp³-hybridized carbons (Fsp3) is 0.200. The standard InChI is InChI=1S/C15H13N3O4/c1-3-22-14(20)10-8-16-12-9-6-4-5-7-11(9)17-15(21-2)18(12)13(10)19/h4-8H,3H2,1-2H3. The molecule has 0 unspecified atom stereocenters. The van der Waals surface area contributed by atoms with E-state index in [0.717, 1.165) is 0 Å². The van der Waals surface area contributed by atoms with Crippen molar-refractivity contribution < 1.29 is 14.3 Å². The topological polar surface area (TPSA) is 82.8 Å². The van der Waals surface area contributed by atoms with Crippen LogP contribution in [0.1, 0.15) is 17.3 Å². The fourth-order valence-electron chi connectivity index (χ4n) is 2.22. The minimum absolute atomic E-state index is 0.0670. The van der Waals surface area contributed by atoms with Crippen molar-refractivity contribution in [2.24, 2.45) is 0 Å². The summed E-state index contributed by atoms with van der Waals surface area (Å²) in [5.41, 5.74) is 0.295. The number of rotatable bonds is 3. The molecule has 0 aliphatic carbocycles. The summed E-state index contributed by atoms with van der Waals surface area (Å²) in [6.07, 6.45) is 1.22. The predicted octanol–water partition coefficient (Wildman–Crippen LogP) is 1.43. The number of hydrogen-bond donors (Lipinski definition) is 0. The van der Waals surface area contributed by atoms with Gasteiger partial charge in [-0.25, -0.2) is 14.2 Å². The van der Waals surface area contributed by atoms with Gasteiger partial charge in [-0.3, -0.25) is 4.79 Å². The van der Waals surface area contributed by atoms with E-state index in [0.29, 0.717) is 16.6 Å². The Bertz CT molecular complexity index is 933. The van der Waals surface area contributed by atoms with Gasteiger partial charge in [0.25, 0.3) is 5.56 Å². The highest BCUT2D eigenvalue weighted by molar-refractivity contribution is 5.93. The maximum absolute atomic E-state index is 12.6. The zero-order valence-electron chi connectivity index (χ0n) is 12.1. The van der Waals surface area contributed by atoms with Gasteiger partial charge >= 0.3 is 12.0 Å². The van der Waals surface area contributed by atoms with Crippen molar-refractivity contribution in [1.29, 1.82) is 0 Å². The van der Waals surface area contributed by atoms with Crippen LogP contribution in [0.15, 0.2) is 35.3 Å². The number of ether oxygens (including phenoxy) is 2. The van der Waals surface area contributed by atoms with Crippen molar-refractivity contribution in [3.05, 3.63) is 46.4 Å². The average Bonchev–Trinajstić information content (AvgIpc) is 2.54. The number of aromatic nitrogens is 3. The van der Waals surface area contributed by atoms with E-state index in [1.165, 1.54) is 17.7 Å². The van der Waals surface area contributed by atoms with Gasteiger partial charge in [0.1, 0.15) is 5.56 Å². The molecule has 7 heteroatoms. The van der Waals surface area contributed by atoms with Crippen molar-refractivity contribution >= 4 is 22.5 Å². The first-order chi connectivity index (χ1) is 10.7. The van der Waals surface area contributed by atoms with Gasteiger partial charge in [0.15, 0.2) is 5.65 Å². The normalized spacial score (nSPS) is 10.8. The molecule has 0 N–H and O–H groups in total. The lowest BCUT2D eigenvalue weighted by Gasteiger charge is -2.10. The van der Waals surface area contributed by atoms with E-state index in [-0.39, 0.29) is 18.2 Å². The first kappa shape index (κ1) is 14.0. The van der Waals surface area contributed by atoms with Gasteiger partial charge in [-0.2, -0.15) is 4.98 Å². The molecule has 0 radical (unpaired) electrons. The Kier molecular flexibility index (Phi) is 3.46. The molecule has 0 aliphatic heterocycles. The number of benzene rings is 1. The lowest BCUT2D eigenvalue weighted by molar-refractivity contribution is 0.0523. The molecule has 0 saturated carbocycles. The molecule has 1 aromatic carbocycles. The molecule has 0 aliphatic rings. The highest BCUT2D eigenvalue weighted by atomic mass is 16.5. The smallest absolute Gasteiger partial charge is 0.345 e. The number of hydrogen-bond acceptors (Lipinski definition) is 6. The third-order valence-corrected chi connectivity index (χ3v) is 3.19. The van der Waals surface area contributed by atoms with Crippen LogP contribution in [-0.4, -0.2) is 34.1 Å². The zero-order valence-corrected chi connectivity index (χ0v) is 12.1. The molecule has 112 valence electrons. The number of fused-ring (bicyclic) bond motifs is 3. The van der Waals surface area contributed by atoms with Gasteiger partial charge in [-0.05, 0) is 19.1 Å². The van der Waals surface area contributed by atoms with Crippen LogP contribution in [0.5, 0.6) is 6.01 Å². The number of nitrogens with zero attached hydrogens (tertiary/aromatic N) is 3. The molecule has 0 saturated heterocycles. The van der Waals surface area contributed by atoms with E-state index >= 15 is 0 Å². The van der Waals surface area contributed by atoms with E-state index in [1.54, 1.807) is 19.1 Å². The summed E-state index contributed by atoms with van der Waals surface area (Å²) in [4.78, 5) is 32.9. The van der Waals surface area contributed by atoms with Gasteiger partial charge in [0.2, 0.25) is 0 Å². The summed E-state index contributed by atoms with van der Waals surface area (Å²) in [5, 5.41) is 0.691. The Morgan fingerprint density at radius 2 is 2.09 bits per heavy atom. The van der Waals surface area contributed by atoms with Crippen LogP contribution in [0.2, 0.25) is 0 Å². The SMILES string of the molecule is CCOC(=O)c1cnc2c3ccccc3nc(OC)n2c1=O. The monoisotopic (exact) mass is 299 g/mol. The summed E-state index contributed by atoms with van der Waals surface area (Å²) in [5.74, 6) is -0.718. The molecule has 0 amide bonds. The Balaban J connectivity index is 2.41. The first-order valence-corrected chi connectivity index (χ1v) is 6.69. The molecule has 2 heterocycles. The van der Waals surface area contributed by atoms with Crippen LogP contribution in [0, 0.1) is 0 Å². The van der Waals surface area contributed by atoms with Crippen molar-refractivity contribution in [3.8, 4) is 6.01 Å². The van der Waals surface area contributed by atoms with Crippen LogP contribution in [-0.2, 0) is 4.74 Å². The quantitative estimate of drug-likeness (QED) is 0.537. The number of carbonyl (C=O) groups is 1. The van der Waals surface area contributed by atoms with Crippen LogP contribution < -0.4 is 10.3 Å². The second-order valence-corrected chi connectivity index (χ2v) is 4.47. The minimum atomic E-state index is -0.718. The summed E-state index contributed by atoms with van der Waals surface area (Å²) >= 11 is 0. The maximum atomic E-state index is 12.6. The molecular weight excluding hydrogens is 286 g/mol. The van der Waals surface area contributed by atoms with Gasteiger partial charge < -0.3 is 9.47 Å². The van der Waals surface area contributed by atoms with Crippen LogP contribution in [0.25, 0.3) is 16.6 Å². The van der Waals surface area contributed by atoms with Crippen molar-refractivity contribution in [2.45, 2.75) is 6.92 Å². The Morgan fingerprint density at radius 1 is 1.32 bits per heavy atom. The highest BCUT2D eigenvalue weighted by Crippen LogP contribution is 2.20. The van der Waals surface area contributed by atoms with Crippen LogP contribution >= 0.6 is 0 Å². The van der Waals surface area contributed by atoms with Gasteiger partial charge in [0, 0.05) is 11.6 Å². The molecule has 0 atom stereocenters. The third-order valence-electron chi connectivity index (χ3n) is 3.19. The highest BCUT2D eigenvalue weighted by Gasteiger charge is 2.18. The molecule has 7 nitrogen and oxygen atoms in total. The number of esters is 1. The van der Waals surface area contributed by atoms with E-state index in [9.17, 15) is 9.59 Å². The molecule has 22 heavy (non-hydrogen) atoms. The summed E-state index contributed by atoms with van der Waals surface area (Å²) in [6, 6.07) is 7.31.